The van der Waals surface area contributed by atoms with Crippen LogP contribution in [0.15, 0.2) is 91.4 Å². The summed E-state index contributed by atoms with van der Waals surface area (Å²) in [6.45, 7) is 0.223. The summed E-state index contributed by atoms with van der Waals surface area (Å²) in [5, 5.41) is 17.6. The zero-order valence-corrected chi connectivity index (χ0v) is 20.4. The number of aromatic nitrogens is 5. The fourth-order valence-electron chi connectivity index (χ4n) is 3.67. The van der Waals surface area contributed by atoms with E-state index < -0.39 is 17.6 Å². The molecule has 0 radical (unpaired) electrons. The number of pyridine rings is 1. The Bertz CT molecular complexity index is 1610. The molecule has 5 rings (SSSR count). The van der Waals surface area contributed by atoms with Gasteiger partial charge in [-0.3, -0.25) is 14.6 Å². The molecule has 0 aliphatic rings. The van der Waals surface area contributed by atoms with Crippen molar-refractivity contribution < 1.29 is 14.0 Å². The largest absolute Gasteiger partial charge is 0.347 e. The molecule has 2 aromatic carbocycles. The van der Waals surface area contributed by atoms with Gasteiger partial charge in [0.05, 0.1) is 22.5 Å². The highest BCUT2D eigenvalue weighted by Gasteiger charge is 2.20. The molecule has 0 unspecified atom stereocenters. The number of nitrogens with one attached hydrogen (secondary N) is 2. The van der Waals surface area contributed by atoms with Crippen LogP contribution in [0.3, 0.4) is 0 Å². The quantitative estimate of drug-likeness (QED) is 0.317. The number of rotatable bonds is 7. The van der Waals surface area contributed by atoms with E-state index in [-0.39, 0.29) is 34.3 Å². The van der Waals surface area contributed by atoms with Crippen LogP contribution < -0.4 is 10.6 Å². The van der Waals surface area contributed by atoms with E-state index in [4.69, 9.17) is 11.6 Å². The standard InChI is InChI=1S/C27H19ClFN7O2/c28-21-9-8-18(25-22(29)7-4-11-30-25)13-20(21)26(37)34-24-14-23(35-36(24)19-5-2-1-3-6-19)27(38)31-15-17-10-12-32-33-16-17/h1-14,16H,15H2,(H,31,38)(H,34,37). The van der Waals surface area contributed by atoms with Gasteiger partial charge in [0.1, 0.15) is 17.3 Å². The Morgan fingerprint density at radius 3 is 2.53 bits per heavy atom. The molecule has 188 valence electrons. The van der Waals surface area contributed by atoms with Crippen LogP contribution >= 0.6 is 11.6 Å². The normalized spacial score (nSPS) is 10.7. The van der Waals surface area contributed by atoms with Crippen molar-refractivity contribution in [2.45, 2.75) is 6.54 Å². The van der Waals surface area contributed by atoms with Crippen molar-refractivity contribution in [1.82, 2.24) is 30.3 Å². The van der Waals surface area contributed by atoms with Crippen molar-refractivity contribution >= 4 is 29.2 Å². The average molecular weight is 528 g/mol. The summed E-state index contributed by atoms with van der Waals surface area (Å²) in [4.78, 5) is 30.2. The maximum Gasteiger partial charge on any atom is 0.272 e. The van der Waals surface area contributed by atoms with Crippen LogP contribution in [-0.4, -0.2) is 36.8 Å². The fourth-order valence-corrected chi connectivity index (χ4v) is 3.87. The summed E-state index contributed by atoms with van der Waals surface area (Å²) in [7, 11) is 0. The van der Waals surface area contributed by atoms with Gasteiger partial charge in [0.2, 0.25) is 0 Å². The summed E-state index contributed by atoms with van der Waals surface area (Å²) in [5.74, 6) is -1.30. The van der Waals surface area contributed by atoms with Crippen LogP contribution in [0.25, 0.3) is 16.9 Å². The first kappa shape index (κ1) is 24.7. The van der Waals surface area contributed by atoms with Gasteiger partial charge in [0, 0.05) is 30.6 Å². The number of anilines is 1. The predicted molar refractivity (Wildman–Crippen MR) is 139 cm³/mol. The lowest BCUT2D eigenvalue weighted by atomic mass is 10.1. The van der Waals surface area contributed by atoms with Crippen LogP contribution in [0.2, 0.25) is 5.02 Å². The number of carbonyl (C=O) groups is 2. The second kappa shape index (κ2) is 11.0. The molecular formula is C27H19ClFN7O2. The fraction of sp³-hybridized carbons (Fsp3) is 0.0370. The van der Waals surface area contributed by atoms with Gasteiger partial charge >= 0.3 is 0 Å². The Morgan fingerprint density at radius 2 is 1.76 bits per heavy atom. The van der Waals surface area contributed by atoms with Crippen molar-refractivity contribution in [2.24, 2.45) is 0 Å². The molecule has 0 saturated carbocycles. The molecule has 5 aromatic rings. The number of nitrogens with zero attached hydrogens (tertiary/aromatic N) is 5. The van der Waals surface area contributed by atoms with Gasteiger partial charge in [-0.25, -0.2) is 9.07 Å². The SMILES string of the molecule is O=C(NCc1ccnnc1)c1cc(NC(=O)c2cc(-c3ncccc3F)ccc2Cl)n(-c2ccccc2)n1. The minimum Gasteiger partial charge on any atom is -0.347 e. The average Bonchev–Trinajstić information content (AvgIpc) is 3.37. The number of hydrogen-bond acceptors (Lipinski definition) is 6. The summed E-state index contributed by atoms with van der Waals surface area (Å²) in [6.07, 6.45) is 4.54. The van der Waals surface area contributed by atoms with Gasteiger partial charge in [-0.05, 0) is 48.0 Å². The first-order valence-corrected chi connectivity index (χ1v) is 11.8. The van der Waals surface area contributed by atoms with Gasteiger partial charge in [-0.1, -0.05) is 35.9 Å². The highest BCUT2D eigenvalue weighted by atomic mass is 35.5. The molecular weight excluding hydrogens is 509 g/mol. The Kier molecular flexibility index (Phi) is 7.14. The van der Waals surface area contributed by atoms with E-state index in [2.05, 4.69) is 30.9 Å². The smallest absolute Gasteiger partial charge is 0.272 e. The van der Waals surface area contributed by atoms with E-state index in [0.29, 0.717) is 11.3 Å². The lowest BCUT2D eigenvalue weighted by molar-refractivity contribution is 0.0944. The lowest BCUT2D eigenvalue weighted by Crippen LogP contribution is -2.23. The number of carbonyl (C=O) groups excluding carboxylic acids is 2. The topological polar surface area (TPSA) is 115 Å². The van der Waals surface area contributed by atoms with Gasteiger partial charge in [-0.2, -0.15) is 15.3 Å². The van der Waals surface area contributed by atoms with Crippen molar-refractivity contribution in [3.63, 3.8) is 0 Å². The molecule has 0 fully saturated rings. The predicted octanol–water partition coefficient (Wildman–Crippen LogP) is 4.70. The lowest BCUT2D eigenvalue weighted by Gasteiger charge is -2.11. The molecule has 0 atom stereocenters. The van der Waals surface area contributed by atoms with E-state index in [1.165, 1.54) is 47.4 Å². The van der Waals surface area contributed by atoms with Crippen molar-refractivity contribution in [2.75, 3.05) is 5.32 Å². The molecule has 0 spiro atoms. The highest BCUT2D eigenvalue weighted by Crippen LogP contribution is 2.27. The number of para-hydroxylation sites is 1. The zero-order valence-electron chi connectivity index (χ0n) is 19.7. The Morgan fingerprint density at radius 1 is 0.921 bits per heavy atom. The minimum absolute atomic E-state index is 0.0848. The maximum atomic E-state index is 14.3. The van der Waals surface area contributed by atoms with E-state index in [1.54, 1.807) is 42.6 Å². The third-order valence-corrected chi connectivity index (χ3v) is 5.86. The van der Waals surface area contributed by atoms with Crippen LogP contribution in [0.4, 0.5) is 10.2 Å². The number of hydrogen-bond donors (Lipinski definition) is 2. The van der Waals surface area contributed by atoms with Crippen LogP contribution in [0.1, 0.15) is 26.4 Å². The number of amides is 2. The summed E-state index contributed by atoms with van der Waals surface area (Å²) < 4.78 is 15.7. The molecule has 9 nitrogen and oxygen atoms in total. The summed E-state index contributed by atoms with van der Waals surface area (Å²) >= 11 is 6.33. The monoisotopic (exact) mass is 527 g/mol. The maximum absolute atomic E-state index is 14.3. The van der Waals surface area contributed by atoms with E-state index in [1.807, 2.05) is 6.07 Å². The molecule has 2 N–H and O–H groups in total. The molecule has 11 heteroatoms. The first-order valence-electron chi connectivity index (χ1n) is 11.4. The molecule has 0 bridgehead atoms. The van der Waals surface area contributed by atoms with E-state index in [0.717, 1.165) is 5.56 Å². The third-order valence-electron chi connectivity index (χ3n) is 5.53. The zero-order chi connectivity index (χ0) is 26.5. The first-order chi connectivity index (χ1) is 18.5. The Hall–Kier alpha value is -4.96. The molecule has 0 aliphatic heterocycles. The van der Waals surface area contributed by atoms with Crippen molar-refractivity contribution in [3.05, 3.63) is 119 Å². The summed E-state index contributed by atoms with van der Waals surface area (Å²) in [5.41, 5.74) is 2.06. The molecule has 3 aromatic heterocycles. The molecule has 3 heterocycles. The number of halogens is 2. The molecule has 2 amide bonds. The number of benzene rings is 2. The van der Waals surface area contributed by atoms with Crippen molar-refractivity contribution in [3.8, 4) is 16.9 Å². The Balaban J connectivity index is 1.44. The second-order valence-electron chi connectivity index (χ2n) is 8.08. The van der Waals surface area contributed by atoms with Crippen molar-refractivity contribution in [1.29, 1.82) is 0 Å². The molecule has 0 aliphatic carbocycles. The molecule has 38 heavy (non-hydrogen) atoms. The van der Waals surface area contributed by atoms with Crippen LogP contribution in [0.5, 0.6) is 0 Å². The van der Waals surface area contributed by atoms with Gasteiger partial charge < -0.3 is 10.6 Å². The van der Waals surface area contributed by atoms with Gasteiger partial charge in [0.15, 0.2) is 5.69 Å². The van der Waals surface area contributed by atoms with Crippen LogP contribution in [-0.2, 0) is 6.54 Å². The molecule has 0 saturated heterocycles. The second-order valence-corrected chi connectivity index (χ2v) is 8.49. The summed E-state index contributed by atoms with van der Waals surface area (Å²) in [6, 6.07) is 19.5. The van der Waals surface area contributed by atoms with Gasteiger partial charge in [-0.15, -0.1) is 0 Å². The van der Waals surface area contributed by atoms with E-state index in [9.17, 15) is 14.0 Å². The third kappa shape index (κ3) is 5.40. The van der Waals surface area contributed by atoms with E-state index >= 15 is 0 Å². The minimum atomic E-state index is -0.569. The van der Waals surface area contributed by atoms with Gasteiger partial charge in [0.25, 0.3) is 11.8 Å². The Labute approximate surface area is 221 Å². The van der Waals surface area contributed by atoms with Crippen LogP contribution in [0, 0.1) is 5.82 Å². The highest BCUT2D eigenvalue weighted by molar-refractivity contribution is 6.34.